The molecule has 0 bridgehead atoms. The molecule has 12 N–H and O–H groups in total. The van der Waals surface area contributed by atoms with Gasteiger partial charge in [0.15, 0.2) is 0 Å². The van der Waals surface area contributed by atoms with Crippen LogP contribution < -0.4 is 34.3 Å². The minimum atomic E-state index is 1.25. The number of nitrogens with one attached hydrogen (secondary N) is 3. The van der Waals surface area contributed by atoms with E-state index in [0.29, 0.717) is 0 Å². The third-order valence-electron chi connectivity index (χ3n) is 0.409. The average molecular weight is 225 g/mol. The van der Waals surface area contributed by atoms with Crippen LogP contribution in [0.25, 0.3) is 0 Å². The van der Waals surface area contributed by atoms with Crippen LogP contribution in [0.1, 0.15) is 0 Å². The van der Waals surface area contributed by atoms with Gasteiger partial charge in [0.1, 0.15) is 0 Å². The first kappa shape index (κ1) is 19.3. The monoisotopic (exact) mass is 225 g/mol. The zero-order valence-electron chi connectivity index (χ0n) is 7.65. The van der Waals surface area contributed by atoms with E-state index in [9.17, 15) is 0 Å². The third-order valence-corrected chi connectivity index (χ3v) is 0.409. The van der Waals surface area contributed by atoms with Crippen LogP contribution in [0.2, 0.25) is 0 Å². The molecule has 15 heavy (non-hydrogen) atoms. The maximum atomic E-state index is 7.10. The third kappa shape index (κ3) is 66.4. The zero-order chi connectivity index (χ0) is 12.4. The topological polar surface area (TPSA) is 214 Å². The van der Waals surface area contributed by atoms with Crippen molar-refractivity contribution in [2.24, 2.45) is 17.5 Å². The molecule has 0 amide bonds. The Kier molecular flexibility index (Phi) is 37.7. The van der Waals surface area contributed by atoms with Gasteiger partial charge in [-0.15, -0.1) is 27.0 Å². The highest BCUT2D eigenvalue weighted by Crippen LogP contribution is 1.61. The van der Waals surface area contributed by atoms with Crippen molar-refractivity contribution in [3.63, 3.8) is 0 Å². The highest BCUT2D eigenvalue weighted by molar-refractivity contribution is 4.69. The fraction of sp³-hybridized carbons (Fsp3) is 0. The summed E-state index contributed by atoms with van der Waals surface area (Å²) in [7, 11) is 0. The Morgan fingerprint density at radius 2 is 1.07 bits per heavy atom. The van der Waals surface area contributed by atoms with Crippen molar-refractivity contribution in [3.05, 3.63) is 18.5 Å². The maximum absolute atomic E-state index is 7.10. The molecular formula is C3H15N9O3. The molecule has 1 rings (SSSR count). The van der Waals surface area contributed by atoms with Crippen molar-refractivity contribution in [1.29, 1.82) is 0 Å². The Labute approximate surface area is 84.9 Å². The lowest BCUT2D eigenvalue weighted by Gasteiger charge is -1.68. The highest BCUT2D eigenvalue weighted by atomic mass is 16.5. The molecule has 0 unspecified atom stereocenters. The minimum Gasteiger partial charge on any atom is -0.302 e. The molecule has 0 aliphatic heterocycles. The first-order chi connectivity index (χ1) is 7.24. The molecule has 0 aliphatic rings. The molecule has 1 aromatic rings. The van der Waals surface area contributed by atoms with Crippen LogP contribution in [0, 0.1) is 0 Å². The van der Waals surface area contributed by atoms with Gasteiger partial charge in [0.05, 0.1) is 12.4 Å². The molecule has 0 atom stereocenters. The predicted molar refractivity (Wildman–Crippen MR) is 47.2 cm³/mol. The van der Waals surface area contributed by atoms with Crippen LogP contribution in [0.3, 0.4) is 0 Å². The SMILES string of the molecule is NNO.NNO.NNO.c1cnnnc1. The summed E-state index contributed by atoms with van der Waals surface area (Å²) in [6.07, 6.45) is 3.15. The lowest BCUT2D eigenvalue weighted by atomic mass is 10.7. The highest BCUT2D eigenvalue weighted by Gasteiger charge is 1.60. The second kappa shape index (κ2) is 29.3. The lowest BCUT2D eigenvalue weighted by molar-refractivity contribution is 0.169. The van der Waals surface area contributed by atoms with Crippen molar-refractivity contribution in [2.75, 3.05) is 0 Å². The van der Waals surface area contributed by atoms with Gasteiger partial charge in [-0.3, -0.25) is 0 Å². The van der Waals surface area contributed by atoms with E-state index in [1.807, 2.05) is 0 Å². The zero-order valence-corrected chi connectivity index (χ0v) is 7.65. The van der Waals surface area contributed by atoms with E-state index in [-0.39, 0.29) is 0 Å². The lowest BCUT2D eigenvalue weighted by Crippen LogP contribution is -2.14. The summed E-state index contributed by atoms with van der Waals surface area (Å²) in [6, 6.07) is 1.72. The first-order valence-electron chi connectivity index (χ1n) is 3.12. The summed E-state index contributed by atoms with van der Waals surface area (Å²) in [4.78, 5) is 0. The Morgan fingerprint density at radius 3 is 1.13 bits per heavy atom. The molecule has 0 radical (unpaired) electrons. The largest absolute Gasteiger partial charge is 0.302 e. The second-order valence-corrected chi connectivity index (χ2v) is 1.20. The normalized spacial score (nSPS) is 6.80. The van der Waals surface area contributed by atoms with Gasteiger partial charge < -0.3 is 15.6 Å². The van der Waals surface area contributed by atoms with E-state index in [2.05, 4.69) is 32.9 Å². The van der Waals surface area contributed by atoms with Gasteiger partial charge in [-0.25, -0.2) is 17.5 Å². The molecule has 1 heterocycles. The Morgan fingerprint density at radius 1 is 0.800 bits per heavy atom. The van der Waals surface area contributed by atoms with E-state index in [4.69, 9.17) is 15.6 Å². The average Bonchev–Trinajstić information content (AvgIpc) is 2.24. The van der Waals surface area contributed by atoms with Crippen LogP contribution in [0.5, 0.6) is 0 Å². The van der Waals surface area contributed by atoms with Gasteiger partial charge in [-0.1, -0.05) is 0 Å². The van der Waals surface area contributed by atoms with Gasteiger partial charge in [-0.2, -0.15) is 0 Å². The maximum Gasteiger partial charge on any atom is 0.0529 e. The molecule has 0 saturated carbocycles. The summed E-state index contributed by atoms with van der Waals surface area (Å²) in [6.45, 7) is 0. The van der Waals surface area contributed by atoms with Crippen molar-refractivity contribution in [3.8, 4) is 0 Å². The fourth-order valence-corrected chi connectivity index (χ4v) is 0.205. The van der Waals surface area contributed by atoms with Gasteiger partial charge in [0, 0.05) is 0 Å². The predicted octanol–water partition coefficient (Wildman–Crippen LogP) is -3.61. The molecule has 12 heteroatoms. The summed E-state index contributed by atoms with van der Waals surface area (Å²) in [5.74, 6) is 12.5. The Hall–Kier alpha value is -1.35. The van der Waals surface area contributed by atoms with Crippen LogP contribution in [-0.2, 0) is 0 Å². The molecule has 0 spiro atoms. The molecule has 0 aliphatic carbocycles. The van der Waals surface area contributed by atoms with Gasteiger partial charge in [-0.05, 0) is 11.3 Å². The van der Waals surface area contributed by atoms with Gasteiger partial charge in [0.25, 0.3) is 0 Å². The van der Waals surface area contributed by atoms with Gasteiger partial charge in [0.2, 0.25) is 0 Å². The molecule has 0 fully saturated rings. The second-order valence-electron chi connectivity index (χ2n) is 1.20. The summed E-state index contributed by atoms with van der Waals surface area (Å²) < 4.78 is 0. The van der Waals surface area contributed by atoms with E-state index < -0.39 is 0 Å². The first-order valence-corrected chi connectivity index (χ1v) is 3.12. The van der Waals surface area contributed by atoms with Crippen molar-refractivity contribution in [2.45, 2.75) is 0 Å². The van der Waals surface area contributed by atoms with E-state index in [1.165, 1.54) is 16.8 Å². The van der Waals surface area contributed by atoms with Gasteiger partial charge >= 0.3 is 0 Å². The fourth-order valence-electron chi connectivity index (χ4n) is 0.205. The van der Waals surface area contributed by atoms with E-state index in [0.717, 1.165) is 0 Å². The van der Waals surface area contributed by atoms with Crippen LogP contribution >= 0.6 is 0 Å². The van der Waals surface area contributed by atoms with Crippen LogP contribution in [0.4, 0.5) is 0 Å². The quantitative estimate of drug-likeness (QED) is 0.154. The molecular weight excluding hydrogens is 210 g/mol. The molecule has 90 valence electrons. The van der Waals surface area contributed by atoms with Crippen molar-refractivity contribution >= 4 is 0 Å². The summed E-state index contributed by atoms with van der Waals surface area (Å²) in [5.41, 5.74) is 3.75. The Bertz CT molecular complexity index is 121. The standard InChI is InChI=1S/C3H3N3.3H4N2O/c1-2-4-6-5-3-1;3*1-2-3/h1-3H;3*2-3H,1H2. The van der Waals surface area contributed by atoms with E-state index >= 15 is 0 Å². The Balaban J connectivity index is -0.000000140. The number of hydrogen-bond acceptors (Lipinski definition) is 12. The molecule has 0 aromatic carbocycles. The molecule has 12 nitrogen and oxygen atoms in total. The summed E-state index contributed by atoms with van der Waals surface area (Å²) >= 11 is 0. The molecule has 1 aromatic heterocycles. The minimum absolute atomic E-state index is 1.25. The van der Waals surface area contributed by atoms with E-state index in [1.54, 1.807) is 18.5 Å². The number of hydrogen-bond donors (Lipinski definition) is 9. The number of rotatable bonds is 0. The van der Waals surface area contributed by atoms with Crippen molar-refractivity contribution in [1.82, 2.24) is 32.2 Å². The van der Waals surface area contributed by atoms with Crippen LogP contribution in [0.15, 0.2) is 18.5 Å². The number of nitrogens with two attached hydrogens (primary N) is 3. The van der Waals surface area contributed by atoms with Crippen LogP contribution in [-0.4, -0.2) is 31.0 Å². The number of hydrazine groups is 3. The smallest absolute Gasteiger partial charge is 0.0529 e. The van der Waals surface area contributed by atoms with Crippen molar-refractivity contribution < 1.29 is 15.6 Å². The number of aromatic nitrogens is 3. The summed E-state index contributed by atoms with van der Waals surface area (Å²) in [5, 5.41) is 31.4. The molecule has 0 saturated heterocycles. The number of nitrogens with zero attached hydrogens (tertiary/aromatic N) is 3.